The lowest BCUT2D eigenvalue weighted by molar-refractivity contribution is -0.157. The zero-order chi connectivity index (χ0) is 16.7. The number of benzene rings is 1. The first kappa shape index (κ1) is 17.1. The van der Waals surface area contributed by atoms with Crippen LogP contribution in [-0.4, -0.2) is 24.6 Å². The molecule has 0 spiro atoms. The first-order chi connectivity index (χ1) is 11.1. The van der Waals surface area contributed by atoms with Gasteiger partial charge >= 0.3 is 5.97 Å². The highest BCUT2D eigenvalue weighted by atomic mass is 16.5. The smallest absolute Gasteiger partial charge is 0.310 e. The first-order valence-corrected chi connectivity index (χ1v) is 7.99. The van der Waals surface area contributed by atoms with E-state index >= 15 is 0 Å². The van der Waals surface area contributed by atoms with Crippen molar-refractivity contribution < 1.29 is 19.1 Å². The molecule has 0 fully saturated rings. The lowest BCUT2D eigenvalue weighted by Crippen LogP contribution is -2.32. The fraction of sp³-hybridized carbons (Fsp3) is 0.444. The lowest BCUT2D eigenvalue weighted by Gasteiger charge is -2.19. The van der Waals surface area contributed by atoms with Crippen molar-refractivity contribution in [3.05, 3.63) is 36.4 Å². The molecular formula is C18H23NO4. The quantitative estimate of drug-likeness (QED) is 0.646. The Kier molecular flexibility index (Phi) is 6.20. The minimum Gasteiger partial charge on any atom is -0.494 e. The van der Waals surface area contributed by atoms with Crippen LogP contribution in [0.3, 0.4) is 0 Å². The zero-order valence-corrected chi connectivity index (χ0v) is 13.6. The minimum absolute atomic E-state index is 0.138. The highest BCUT2D eigenvalue weighted by Gasteiger charge is 2.25. The van der Waals surface area contributed by atoms with Gasteiger partial charge in [0.15, 0.2) is 6.10 Å². The van der Waals surface area contributed by atoms with E-state index in [1.165, 1.54) is 0 Å². The second kappa shape index (κ2) is 8.36. The van der Waals surface area contributed by atoms with E-state index in [0.29, 0.717) is 18.7 Å². The Labute approximate surface area is 136 Å². The monoisotopic (exact) mass is 317 g/mol. The van der Waals surface area contributed by atoms with Gasteiger partial charge in [0.2, 0.25) is 0 Å². The molecule has 2 rings (SSSR count). The van der Waals surface area contributed by atoms with E-state index in [4.69, 9.17) is 9.47 Å². The van der Waals surface area contributed by atoms with Gasteiger partial charge in [-0.1, -0.05) is 12.2 Å². The molecule has 1 N–H and O–H groups in total. The van der Waals surface area contributed by atoms with Crippen LogP contribution < -0.4 is 10.1 Å². The van der Waals surface area contributed by atoms with Crippen molar-refractivity contribution in [2.75, 3.05) is 11.9 Å². The maximum Gasteiger partial charge on any atom is 0.310 e. The molecule has 1 aliphatic rings. The normalized spacial score (nSPS) is 18.1. The van der Waals surface area contributed by atoms with Gasteiger partial charge in [-0.3, -0.25) is 9.59 Å². The van der Waals surface area contributed by atoms with Crippen molar-refractivity contribution in [1.82, 2.24) is 0 Å². The number of rotatable bonds is 6. The van der Waals surface area contributed by atoms with E-state index < -0.39 is 6.10 Å². The third-order valence-electron chi connectivity index (χ3n) is 3.70. The molecule has 2 atom stereocenters. The molecule has 0 saturated carbocycles. The zero-order valence-electron chi connectivity index (χ0n) is 13.6. The maximum absolute atomic E-state index is 12.1. The van der Waals surface area contributed by atoms with E-state index in [0.717, 1.165) is 18.6 Å². The van der Waals surface area contributed by atoms with Crippen LogP contribution in [0.5, 0.6) is 5.75 Å². The first-order valence-electron chi connectivity index (χ1n) is 7.99. The van der Waals surface area contributed by atoms with E-state index in [1.54, 1.807) is 31.2 Å². The Hall–Kier alpha value is -2.30. The summed E-state index contributed by atoms with van der Waals surface area (Å²) in [5.41, 5.74) is 0.641. The van der Waals surface area contributed by atoms with Gasteiger partial charge in [-0.2, -0.15) is 0 Å². The summed E-state index contributed by atoms with van der Waals surface area (Å²) in [5, 5.41) is 2.73. The average Bonchev–Trinajstić information content (AvgIpc) is 2.57. The van der Waals surface area contributed by atoms with Crippen molar-refractivity contribution in [3.63, 3.8) is 0 Å². The molecule has 1 aromatic carbocycles. The SMILES string of the molecule is CCOc1ccc(NC(=O)[C@@H](C)OC(=O)[C@@H]2CC=CCC2)cc1. The fourth-order valence-electron chi connectivity index (χ4n) is 2.38. The average molecular weight is 317 g/mol. The number of amides is 1. The number of ether oxygens (including phenoxy) is 2. The van der Waals surface area contributed by atoms with E-state index in [-0.39, 0.29) is 17.8 Å². The topological polar surface area (TPSA) is 64.6 Å². The largest absolute Gasteiger partial charge is 0.494 e. The van der Waals surface area contributed by atoms with Crippen LogP contribution in [0.1, 0.15) is 33.1 Å². The number of nitrogens with one attached hydrogen (secondary N) is 1. The number of allylic oxidation sites excluding steroid dienone is 2. The summed E-state index contributed by atoms with van der Waals surface area (Å²) in [6.45, 7) is 4.09. The van der Waals surface area contributed by atoms with Crippen LogP contribution in [0.25, 0.3) is 0 Å². The molecule has 1 aromatic rings. The fourth-order valence-corrected chi connectivity index (χ4v) is 2.38. The van der Waals surface area contributed by atoms with E-state index in [9.17, 15) is 9.59 Å². The molecule has 0 saturated heterocycles. The van der Waals surface area contributed by atoms with Gasteiger partial charge in [-0.05, 0) is 57.4 Å². The molecule has 1 aliphatic carbocycles. The molecule has 1 amide bonds. The van der Waals surface area contributed by atoms with Gasteiger partial charge in [0, 0.05) is 5.69 Å². The second-order valence-corrected chi connectivity index (χ2v) is 5.51. The Balaban J connectivity index is 1.84. The summed E-state index contributed by atoms with van der Waals surface area (Å²) in [7, 11) is 0. The predicted molar refractivity (Wildman–Crippen MR) is 88.3 cm³/mol. The number of hydrogen-bond donors (Lipinski definition) is 1. The summed E-state index contributed by atoms with van der Waals surface area (Å²) >= 11 is 0. The summed E-state index contributed by atoms with van der Waals surface area (Å²) in [6.07, 6.45) is 5.58. The summed E-state index contributed by atoms with van der Waals surface area (Å²) < 4.78 is 10.6. The molecule has 0 radical (unpaired) electrons. The van der Waals surface area contributed by atoms with Gasteiger partial charge in [-0.15, -0.1) is 0 Å². The van der Waals surface area contributed by atoms with Gasteiger partial charge in [0.25, 0.3) is 5.91 Å². The summed E-state index contributed by atoms with van der Waals surface area (Å²) in [4.78, 5) is 24.1. The molecule has 0 bridgehead atoms. The van der Waals surface area contributed by atoms with Crippen molar-refractivity contribution in [2.45, 2.75) is 39.2 Å². The third kappa shape index (κ3) is 5.13. The van der Waals surface area contributed by atoms with Gasteiger partial charge in [0.1, 0.15) is 5.75 Å². The van der Waals surface area contributed by atoms with Crippen LogP contribution >= 0.6 is 0 Å². The highest BCUT2D eigenvalue weighted by Crippen LogP contribution is 2.20. The van der Waals surface area contributed by atoms with E-state index in [1.807, 2.05) is 13.0 Å². The maximum atomic E-state index is 12.1. The Morgan fingerprint density at radius 2 is 2.00 bits per heavy atom. The lowest BCUT2D eigenvalue weighted by atomic mass is 9.95. The predicted octanol–water partition coefficient (Wildman–Crippen LogP) is 3.31. The van der Waals surface area contributed by atoms with Gasteiger partial charge in [-0.25, -0.2) is 0 Å². The van der Waals surface area contributed by atoms with Crippen LogP contribution in [0.2, 0.25) is 0 Å². The van der Waals surface area contributed by atoms with Crippen molar-refractivity contribution in [2.24, 2.45) is 5.92 Å². The number of anilines is 1. The summed E-state index contributed by atoms with van der Waals surface area (Å²) in [5.74, 6) is -0.0337. The van der Waals surface area contributed by atoms with Crippen LogP contribution in [0.15, 0.2) is 36.4 Å². The number of carbonyl (C=O) groups is 2. The summed E-state index contributed by atoms with van der Waals surface area (Å²) in [6, 6.07) is 7.07. The molecule has 23 heavy (non-hydrogen) atoms. The Morgan fingerprint density at radius 3 is 2.61 bits per heavy atom. The molecule has 5 nitrogen and oxygen atoms in total. The Morgan fingerprint density at radius 1 is 1.26 bits per heavy atom. The van der Waals surface area contributed by atoms with Crippen LogP contribution in [-0.2, 0) is 14.3 Å². The molecule has 0 heterocycles. The Bertz CT molecular complexity index is 565. The van der Waals surface area contributed by atoms with Crippen molar-refractivity contribution in [3.8, 4) is 5.75 Å². The molecule has 5 heteroatoms. The highest BCUT2D eigenvalue weighted by molar-refractivity contribution is 5.95. The van der Waals surface area contributed by atoms with Gasteiger partial charge < -0.3 is 14.8 Å². The molecule has 0 aliphatic heterocycles. The standard InChI is InChI=1S/C18H23NO4/c1-3-22-16-11-9-15(10-12-16)19-17(20)13(2)23-18(21)14-7-5-4-6-8-14/h4-5,9-14H,3,6-8H2,1-2H3,(H,19,20)/t13-,14-/m1/s1. The number of esters is 1. The third-order valence-corrected chi connectivity index (χ3v) is 3.70. The van der Waals surface area contributed by atoms with Gasteiger partial charge in [0.05, 0.1) is 12.5 Å². The molecule has 0 aromatic heterocycles. The number of carbonyl (C=O) groups excluding carboxylic acids is 2. The van der Waals surface area contributed by atoms with Crippen molar-refractivity contribution in [1.29, 1.82) is 0 Å². The molecule has 0 unspecified atom stereocenters. The molecule has 124 valence electrons. The van der Waals surface area contributed by atoms with Crippen molar-refractivity contribution >= 4 is 17.6 Å². The molecular weight excluding hydrogens is 294 g/mol. The van der Waals surface area contributed by atoms with Crippen LogP contribution in [0.4, 0.5) is 5.69 Å². The van der Waals surface area contributed by atoms with Crippen LogP contribution in [0, 0.1) is 5.92 Å². The van der Waals surface area contributed by atoms with E-state index in [2.05, 4.69) is 11.4 Å². The second-order valence-electron chi connectivity index (χ2n) is 5.51. The number of hydrogen-bond acceptors (Lipinski definition) is 4. The minimum atomic E-state index is -0.819.